The van der Waals surface area contributed by atoms with Gasteiger partial charge in [-0.1, -0.05) is 12.2 Å². The zero-order chi connectivity index (χ0) is 13.7. The molecule has 0 aliphatic carbocycles. The molecule has 0 unspecified atom stereocenters. The van der Waals surface area contributed by atoms with E-state index in [1.165, 1.54) is 24.9 Å². The molecule has 0 aromatic heterocycles. The number of thiocarbonyl (C=S) groups is 1. The van der Waals surface area contributed by atoms with Gasteiger partial charge in [-0.05, 0) is 43.5 Å². The summed E-state index contributed by atoms with van der Waals surface area (Å²) < 4.78 is 0. The molecule has 0 radical (unpaired) electrons. The Hall–Kier alpha value is -1.62. The van der Waals surface area contributed by atoms with E-state index in [0.29, 0.717) is 0 Å². The Morgan fingerprint density at radius 3 is 2.42 bits per heavy atom. The molecule has 1 aromatic rings. The highest BCUT2D eigenvalue weighted by atomic mass is 32.1. The van der Waals surface area contributed by atoms with E-state index in [1.54, 1.807) is 0 Å². The zero-order valence-corrected chi connectivity index (χ0v) is 11.7. The second-order valence-electron chi connectivity index (χ2n) is 4.79. The number of nitrogens with two attached hydrogens (primary N) is 1. The van der Waals surface area contributed by atoms with Crippen molar-refractivity contribution in [1.82, 2.24) is 0 Å². The highest BCUT2D eigenvalue weighted by molar-refractivity contribution is 7.80. The van der Waals surface area contributed by atoms with Crippen molar-refractivity contribution in [3.05, 3.63) is 24.3 Å². The number of benzene rings is 1. The van der Waals surface area contributed by atoms with Crippen molar-refractivity contribution in [1.29, 1.82) is 0 Å². The quantitative estimate of drug-likeness (QED) is 0.829. The van der Waals surface area contributed by atoms with Crippen LogP contribution in [0.5, 0.6) is 0 Å². The van der Waals surface area contributed by atoms with Crippen molar-refractivity contribution < 1.29 is 4.79 Å². The molecule has 0 atom stereocenters. The molecule has 3 N–H and O–H groups in total. The lowest BCUT2D eigenvalue weighted by Crippen LogP contribution is -2.29. The molecular formula is C14H19N3OS. The van der Waals surface area contributed by atoms with Crippen molar-refractivity contribution in [2.24, 2.45) is 5.73 Å². The number of rotatable bonds is 4. The van der Waals surface area contributed by atoms with Gasteiger partial charge >= 0.3 is 0 Å². The molecule has 0 bridgehead atoms. The molecule has 102 valence electrons. The maximum absolute atomic E-state index is 11.5. The number of anilines is 2. The summed E-state index contributed by atoms with van der Waals surface area (Å²) in [6.45, 7) is 2.24. The number of hydrogen-bond acceptors (Lipinski definition) is 3. The molecule has 1 heterocycles. The van der Waals surface area contributed by atoms with Crippen LogP contribution in [0.1, 0.15) is 25.7 Å². The minimum absolute atomic E-state index is 0.0865. The summed E-state index contributed by atoms with van der Waals surface area (Å²) in [5, 5.41) is 2.78. The van der Waals surface area contributed by atoms with Gasteiger partial charge in [0.25, 0.3) is 0 Å². The monoisotopic (exact) mass is 277 g/mol. The summed E-state index contributed by atoms with van der Waals surface area (Å²) >= 11 is 4.70. The second-order valence-corrected chi connectivity index (χ2v) is 5.31. The Kier molecular flexibility index (Phi) is 4.74. The predicted molar refractivity (Wildman–Crippen MR) is 82.5 cm³/mol. The first-order valence-corrected chi connectivity index (χ1v) is 6.99. The molecule has 4 nitrogen and oxygen atoms in total. The Morgan fingerprint density at radius 1 is 1.21 bits per heavy atom. The smallest absolute Gasteiger partial charge is 0.231 e. The highest BCUT2D eigenvalue weighted by Crippen LogP contribution is 2.21. The molecular weight excluding hydrogens is 258 g/mol. The molecule has 1 fully saturated rings. The summed E-state index contributed by atoms with van der Waals surface area (Å²) in [5.74, 6) is -0.168. The molecule has 19 heavy (non-hydrogen) atoms. The standard InChI is InChI=1S/C14H19N3OS/c15-13(19)10-14(18)16-11-4-6-12(7-5-11)17-8-2-1-3-9-17/h4-7H,1-3,8-10H2,(H2,15,19)(H,16,18). The van der Waals surface area contributed by atoms with Crippen LogP contribution in [-0.2, 0) is 4.79 Å². The summed E-state index contributed by atoms with van der Waals surface area (Å²) in [7, 11) is 0. The van der Waals surface area contributed by atoms with Crippen LogP contribution in [0.3, 0.4) is 0 Å². The fraction of sp³-hybridized carbons (Fsp3) is 0.429. The number of carbonyl (C=O) groups excluding carboxylic acids is 1. The van der Waals surface area contributed by atoms with Gasteiger partial charge < -0.3 is 16.0 Å². The molecule has 0 spiro atoms. The van der Waals surface area contributed by atoms with Crippen LogP contribution in [0.4, 0.5) is 11.4 Å². The summed E-state index contributed by atoms with van der Waals surface area (Å²) in [4.78, 5) is 14.1. The maximum Gasteiger partial charge on any atom is 0.231 e. The van der Waals surface area contributed by atoms with Crippen molar-refractivity contribution in [3.63, 3.8) is 0 Å². The van der Waals surface area contributed by atoms with E-state index < -0.39 is 0 Å². The van der Waals surface area contributed by atoms with E-state index >= 15 is 0 Å². The Morgan fingerprint density at radius 2 is 1.84 bits per heavy atom. The number of amides is 1. The maximum atomic E-state index is 11.5. The summed E-state index contributed by atoms with van der Waals surface area (Å²) in [6.07, 6.45) is 3.92. The van der Waals surface area contributed by atoms with E-state index in [1.807, 2.05) is 24.3 Å². The second kappa shape index (κ2) is 6.52. The van der Waals surface area contributed by atoms with Crippen LogP contribution in [0, 0.1) is 0 Å². The molecule has 1 amide bonds. The van der Waals surface area contributed by atoms with Gasteiger partial charge in [-0.3, -0.25) is 4.79 Å². The van der Waals surface area contributed by atoms with Crippen LogP contribution >= 0.6 is 12.2 Å². The van der Waals surface area contributed by atoms with Gasteiger partial charge in [0, 0.05) is 24.5 Å². The van der Waals surface area contributed by atoms with Crippen LogP contribution < -0.4 is 16.0 Å². The van der Waals surface area contributed by atoms with Crippen LogP contribution in [0.15, 0.2) is 24.3 Å². The SMILES string of the molecule is NC(=S)CC(=O)Nc1ccc(N2CCCCC2)cc1. The number of carbonyl (C=O) groups is 1. The molecule has 1 aliphatic rings. The van der Waals surface area contributed by atoms with Gasteiger partial charge in [0.1, 0.15) is 0 Å². The molecule has 1 saturated heterocycles. The average molecular weight is 277 g/mol. The number of hydrogen-bond donors (Lipinski definition) is 2. The van der Waals surface area contributed by atoms with Gasteiger partial charge in [0.15, 0.2) is 0 Å². The summed E-state index contributed by atoms with van der Waals surface area (Å²) in [6, 6.07) is 7.92. The van der Waals surface area contributed by atoms with Crippen molar-refractivity contribution in [3.8, 4) is 0 Å². The van der Waals surface area contributed by atoms with E-state index in [2.05, 4.69) is 10.2 Å². The molecule has 1 aliphatic heterocycles. The van der Waals surface area contributed by atoms with E-state index in [-0.39, 0.29) is 17.3 Å². The number of nitrogens with zero attached hydrogens (tertiary/aromatic N) is 1. The van der Waals surface area contributed by atoms with Crippen LogP contribution in [0.2, 0.25) is 0 Å². The van der Waals surface area contributed by atoms with Gasteiger partial charge in [-0.15, -0.1) is 0 Å². The number of piperidine rings is 1. The van der Waals surface area contributed by atoms with Gasteiger partial charge in [-0.2, -0.15) is 0 Å². The van der Waals surface area contributed by atoms with Crippen molar-refractivity contribution in [2.45, 2.75) is 25.7 Å². The van der Waals surface area contributed by atoms with E-state index in [0.717, 1.165) is 18.8 Å². The topological polar surface area (TPSA) is 58.4 Å². The Bertz CT molecular complexity index is 452. The zero-order valence-electron chi connectivity index (χ0n) is 10.9. The lowest BCUT2D eigenvalue weighted by molar-refractivity contribution is -0.115. The first-order chi connectivity index (χ1) is 9.15. The van der Waals surface area contributed by atoms with Gasteiger partial charge in [0.2, 0.25) is 5.91 Å². The first kappa shape index (κ1) is 13.8. The Balaban J connectivity index is 1.94. The summed E-state index contributed by atoms with van der Waals surface area (Å²) in [5.41, 5.74) is 7.33. The fourth-order valence-electron chi connectivity index (χ4n) is 2.27. The molecule has 0 saturated carbocycles. The lowest BCUT2D eigenvalue weighted by atomic mass is 10.1. The minimum atomic E-state index is -0.168. The van der Waals surface area contributed by atoms with Crippen LogP contribution in [0.25, 0.3) is 0 Å². The third-order valence-electron chi connectivity index (χ3n) is 3.21. The number of nitrogens with one attached hydrogen (secondary N) is 1. The van der Waals surface area contributed by atoms with Crippen LogP contribution in [-0.4, -0.2) is 24.0 Å². The third kappa shape index (κ3) is 4.21. The fourth-order valence-corrected chi connectivity index (χ4v) is 2.40. The normalized spacial score (nSPS) is 15.1. The largest absolute Gasteiger partial charge is 0.393 e. The molecule has 5 heteroatoms. The van der Waals surface area contributed by atoms with Gasteiger partial charge in [-0.25, -0.2) is 0 Å². The van der Waals surface area contributed by atoms with E-state index in [9.17, 15) is 4.79 Å². The average Bonchev–Trinajstić information content (AvgIpc) is 2.39. The minimum Gasteiger partial charge on any atom is -0.393 e. The third-order valence-corrected chi connectivity index (χ3v) is 3.35. The predicted octanol–water partition coefficient (Wildman–Crippen LogP) is 2.29. The first-order valence-electron chi connectivity index (χ1n) is 6.58. The van der Waals surface area contributed by atoms with Crippen molar-refractivity contribution >= 4 is 34.5 Å². The molecule has 1 aromatic carbocycles. The molecule has 2 rings (SSSR count). The van der Waals surface area contributed by atoms with E-state index in [4.69, 9.17) is 18.0 Å². The van der Waals surface area contributed by atoms with Gasteiger partial charge in [0.05, 0.1) is 11.4 Å². The highest BCUT2D eigenvalue weighted by Gasteiger charge is 2.10. The lowest BCUT2D eigenvalue weighted by Gasteiger charge is -2.28. The van der Waals surface area contributed by atoms with Crippen molar-refractivity contribution in [2.75, 3.05) is 23.3 Å². The Labute approximate surface area is 119 Å².